The van der Waals surface area contributed by atoms with Gasteiger partial charge < -0.3 is 14.2 Å². The molecule has 128 valence electrons. The van der Waals surface area contributed by atoms with Gasteiger partial charge in [-0.1, -0.05) is 36.9 Å². The van der Waals surface area contributed by atoms with Gasteiger partial charge in [0.05, 0.1) is 18.6 Å². The first kappa shape index (κ1) is 16.9. The van der Waals surface area contributed by atoms with E-state index in [-0.39, 0.29) is 25.1 Å². The van der Waals surface area contributed by atoms with Crippen LogP contribution in [0, 0.1) is 0 Å². The summed E-state index contributed by atoms with van der Waals surface area (Å²) in [6.45, 7) is 4.61. The molecule has 0 amide bonds. The van der Waals surface area contributed by atoms with Gasteiger partial charge in [0, 0.05) is 0 Å². The minimum atomic E-state index is -0.464. The van der Waals surface area contributed by atoms with Crippen LogP contribution in [-0.2, 0) is 20.7 Å². The second kappa shape index (κ2) is 7.77. The number of carbonyl (C=O) groups is 2. The Morgan fingerprint density at radius 3 is 2.76 bits per heavy atom. The van der Waals surface area contributed by atoms with Crippen molar-refractivity contribution >= 4 is 18.0 Å². The van der Waals surface area contributed by atoms with Gasteiger partial charge >= 0.3 is 11.9 Å². The van der Waals surface area contributed by atoms with Gasteiger partial charge in [0.15, 0.2) is 0 Å². The molecule has 25 heavy (non-hydrogen) atoms. The van der Waals surface area contributed by atoms with Crippen molar-refractivity contribution in [3.8, 4) is 5.75 Å². The quantitative estimate of drug-likeness (QED) is 0.441. The molecule has 1 aliphatic heterocycles. The molecule has 3 rings (SSSR count). The third-order valence-corrected chi connectivity index (χ3v) is 3.65. The van der Waals surface area contributed by atoms with E-state index in [0.29, 0.717) is 23.5 Å². The van der Waals surface area contributed by atoms with Crippen LogP contribution in [0.15, 0.2) is 55.1 Å². The van der Waals surface area contributed by atoms with Gasteiger partial charge in [0.1, 0.15) is 18.5 Å². The summed E-state index contributed by atoms with van der Waals surface area (Å²) in [7, 11) is 0. The number of ether oxygens (including phenoxy) is 3. The Labute approximate surface area is 145 Å². The lowest BCUT2D eigenvalue weighted by Crippen LogP contribution is -2.12. The molecule has 1 aliphatic rings. The molecule has 1 saturated heterocycles. The number of epoxide rings is 1. The molecule has 0 radical (unpaired) electrons. The van der Waals surface area contributed by atoms with Gasteiger partial charge in [-0.2, -0.15) is 0 Å². The molecule has 1 unspecified atom stereocenters. The molecule has 1 heterocycles. The average Bonchev–Trinajstić information content (AvgIpc) is 3.45. The van der Waals surface area contributed by atoms with Crippen LogP contribution in [0.25, 0.3) is 6.08 Å². The zero-order valence-electron chi connectivity index (χ0n) is 13.6. The number of carbonyl (C=O) groups excluding carboxylic acids is 2. The highest BCUT2D eigenvalue weighted by Crippen LogP contribution is 2.17. The molecular weight excluding hydrogens is 320 g/mol. The fourth-order valence-corrected chi connectivity index (χ4v) is 2.25. The van der Waals surface area contributed by atoms with Gasteiger partial charge in [-0.3, -0.25) is 4.79 Å². The molecule has 2 aromatic carbocycles. The molecule has 2 aromatic rings. The Kier molecular flexibility index (Phi) is 5.26. The van der Waals surface area contributed by atoms with E-state index in [2.05, 4.69) is 6.58 Å². The molecule has 1 atom stereocenters. The maximum atomic E-state index is 12.2. The lowest BCUT2D eigenvalue weighted by atomic mass is 10.1. The van der Waals surface area contributed by atoms with Gasteiger partial charge in [0.2, 0.25) is 0 Å². The molecular formula is C20H18O5. The number of esters is 2. The van der Waals surface area contributed by atoms with E-state index >= 15 is 0 Å². The summed E-state index contributed by atoms with van der Waals surface area (Å²) in [6, 6.07) is 13.8. The normalized spacial score (nSPS) is 15.3. The van der Waals surface area contributed by atoms with Crippen molar-refractivity contribution in [1.29, 1.82) is 0 Å². The summed E-state index contributed by atoms with van der Waals surface area (Å²) in [5.41, 5.74) is 1.99. The monoisotopic (exact) mass is 338 g/mol. The van der Waals surface area contributed by atoms with Crippen molar-refractivity contribution in [2.75, 3.05) is 13.2 Å². The van der Waals surface area contributed by atoms with Crippen molar-refractivity contribution < 1.29 is 23.8 Å². The van der Waals surface area contributed by atoms with E-state index in [1.54, 1.807) is 48.5 Å². The molecule has 1 fully saturated rings. The summed E-state index contributed by atoms with van der Waals surface area (Å²) in [5.74, 6) is -0.420. The van der Waals surface area contributed by atoms with Crippen LogP contribution >= 0.6 is 0 Å². The molecule has 0 aliphatic carbocycles. The lowest BCUT2D eigenvalue weighted by molar-refractivity contribution is -0.143. The largest absolute Gasteiger partial charge is 0.463 e. The van der Waals surface area contributed by atoms with E-state index < -0.39 is 5.97 Å². The highest BCUT2D eigenvalue weighted by molar-refractivity contribution is 5.91. The Balaban J connectivity index is 1.61. The maximum absolute atomic E-state index is 12.2. The van der Waals surface area contributed by atoms with E-state index in [9.17, 15) is 9.59 Å². The average molecular weight is 338 g/mol. The van der Waals surface area contributed by atoms with E-state index in [0.717, 1.165) is 5.56 Å². The van der Waals surface area contributed by atoms with Crippen molar-refractivity contribution in [2.24, 2.45) is 0 Å². The van der Waals surface area contributed by atoms with E-state index in [1.165, 1.54) is 0 Å². The highest BCUT2D eigenvalue weighted by atomic mass is 16.6. The Bertz CT molecular complexity index is 792. The summed E-state index contributed by atoms with van der Waals surface area (Å²) in [5, 5.41) is 0. The van der Waals surface area contributed by atoms with Crippen molar-refractivity contribution in [3.63, 3.8) is 0 Å². The first-order valence-corrected chi connectivity index (χ1v) is 7.95. The molecule has 0 spiro atoms. The second-order valence-corrected chi connectivity index (χ2v) is 5.68. The highest BCUT2D eigenvalue weighted by Gasteiger charge is 2.24. The molecule has 0 bridgehead atoms. The molecule has 5 heteroatoms. The fraction of sp³-hybridized carbons (Fsp3) is 0.200. The number of hydrogen-bond donors (Lipinski definition) is 0. The summed E-state index contributed by atoms with van der Waals surface area (Å²) >= 11 is 0. The van der Waals surface area contributed by atoms with Gasteiger partial charge in [-0.05, 0) is 35.4 Å². The third-order valence-electron chi connectivity index (χ3n) is 3.65. The lowest BCUT2D eigenvalue weighted by Gasteiger charge is -2.07. The van der Waals surface area contributed by atoms with Crippen LogP contribution < -0.4 is 4.74 Å². The van der Waals surface area contributed by atoms with E-state index in [1.807, 2.05) is 6.07 Å². The van der Waals surface area contributed by atoms with Crippen LogP contribution in [-0.4, -0.2) is 31.3 Å². The first-order chi connectivity index (χ1) is 12.1. The zero-order valence-corrected chi connectivity index (χ0v) is 13.6. The SMILES string of the molecule is C=Cc1cccc(C(=O)Oc2cccc(CC(=O)OCC3CO3)c2)c1. The predicted octanol–water partition coefficient (Wildman–Crippen LogP) is 3.03. The third kappa shape index (κ3) is 5.02. The molecule has 0 N–H and O–H groups in total. The maximum Gasteiger partial charge on any atom is 0.343 e. The van der Waals surface area contributed by atoms with Gasteiger partial charge in [-0.25, -0.2) is 4.79 Å². The molecule has 5 nitrogen and oxygen atoms in total. The van der Waals surface area contributed by atoms with Crippen molar-refractivity contribution in [2.45, 2.75) is 12.5 Å². The summed E-state index contributed by atoms with van der Waals surface area (Å²) in [4.78, 5) is 24.0. The minimum absolute atomic E-state index is 0.0440. The fourth-order valence-electron chi connectivity index (χ4n) is 2.25. The number of hydrogen-bond acceptors (Lipinski definition) is 5. The van der Waals surface area contributed by atoms with Crippen LogP contribution in [0.5, 0.6) is 5.75 Å². The van der Waals surface area contributed by atoms with Crippen molar-refractivity contribution in [1.82, 2.24) is 0 Å². The summed E-state index contributed by atoms with van der Waals surface area (Å²) < 4.78 is 15.5. The van der Waals surface area contributed by atoms with Crippen LogP contribution in [0.4, 0.5) is 0 Å². The molecule has 0 saturated carbocycles. The Hall–Kier alpha value is -2.92. The predicted molar refractivity (Wildman–Crippen MR) is 92.3 cm³/mol. The second-order valence-electron chi connectivity index (χ2n) is 5.68. The molecule has 0 aromatic heterocycles. The Morgan fingerprint density at radius 1 is 1.20 bits per heavy atom. The van der Waals surface area contributed by atoms with Crippen LogP contribution in [0.3, 0.4) is 0 Å². The van der Waals surface area contributed by atoms with Crippen LogP contribution in [0.1, 0.15) is 21.5 Å². The number of rotatable bonds is 7. The minimum Gasteiger partial charge on any atom is -0.463 e. The van der Waals surface area contributed by atoms with E-state index in [4.69, 9.17) is 14.2 Å². The summed E-state index contributed by atoms with van der Waals surface area (Å²) in [6.07, 6.45) is 1.82. The van der Waals surface area contributed by atoms with Crippen LogP contribution in [0.2, 0.25) is 0 Å². The topological polar surface area (TPSA) is 65.1 Å². The standard InChI is InChI=1S/C20H18O5/c1-2-14-5-3-7-16(9-14)20(22)25-17-8-4-6-15(10-17)11-19(21)24-13-18-12-23-18/h2-10,18H,1,11-13H2. The van der Waals surface area contributed by atoms with Gasteiger partial charge in [0.25, 0.3) is 0 Å². The van der Waals surface area contributed by atoms with Crippen molar-refractivity contribution in [3.05, 3.63) is 71.8 Å². The first-order valence-electron chi connectivity index (χ1n) is 7.95. The van der Waals surface area contributed by atoms with Gasteiger partial charge in [-0.15, -0.1) is 0 Å². The number of benzene rings is 2. The Morgan fingerprint density at radius 2 is 2.00 bits per heavy atom. The smallest absolute Gasteiger partial charge is 0.343 e. The zero-order chi connectivity index (χ0) is 17.6.